The highest BCUT2D eigenvalue weighted by Crippen LogP contribution is 2.39. The van der Waals surface area contributed by atoms with Gasteiger partial charge in [0.25, 0.3) is 0 Å². The van der Waals surface area contributed by atoms with E-state index < -0.39 is 6.10 Å². The molecule has 1 saturated carbocycles. The number of rotatable bonds is 6. The second kappa shape index (κ2) is 9.13. The van der Waals surface area contributed by atoms with E-state index in [-0.39, 0.29) is 6.10 Å². The van der Waals surface area contributed by atoms with Crippen molar-refractivity contribution >= 4 is 17.3 Å². The molecule has 3 rings (SSSR count). The second-order valence-corrected chi connectivity index (χ2v) is 9.73. The first-order valence-corrected chi connectivity index (χ1v) is 10.7. The third kappa shape index (κ3) is 6.35. The van der Waals surface area contributed by atoms with E-state index in [1.807, 2.05) is 18.2 Å². The Labute approximate surface area is 169 Å². The lowest BCUT2D eigenvalue weighted by molar-refractivity contribution is -0.0615. The van der Waals surface area contributed by atoms with Crippen LogP contribution in [0.2, 0.25) is 5.02 Å². The number of hydrogen-bond acceptors (Lipinski definition) is 4. The lowest BCUT2D eigenvalue weighted by Crippen LogP contribution is -2.49. The first-order chi connectivity index (χ1) is 12.8. The van der Waals surface area contributed by atoms with Crippen LogP contribution in [0.4, 0.5) is 5.69 Å². The molecule has 1 aliphatic heterocycles. The Morgan fingerprint density at radius 3 is 2.63 bits per heavy atom. The van der Waals surface area contributed by atoms with Gasteiger partial charge in [-0.2, -0.15) is 0 Å². The predicted octanol–water partition coefficient (Wildman–Crippen LogP) is 4.05. The summed E-state index contributed by atoms with van der Waals surface area (Å²) >= 11 is 6.10. The molecule has 1 N–H and O–H groups in total. The molecule has 5 heteroatoms. The number of halogens is 1. The lowest BCUT2D eigenvalue weighted by atomic mass is 9.71. The quantitative estimate of drug-likeness (QED) is 0.789. The van der Waals surface area contributed by atoms with Crippen LogP contribution < -0.4 is 4.90 Å². The van der Waals surface area contributed by atoms with E-state index in [0.29, 0.717) is 24.5 Å². The van der Waals surface area contributed by atoms with Crippen molar-refractivity contribution in [2.45, 2.75) is 52.2 Å². The SMILES string of the molecule is C[C@@H]1C[C@@H](OC[C@H](O)CN2CCN(c3cccc(Cl)c3)CC2)CC(C)(C)C1. The van der Waals surface area contributed by atoms with Crippen LogP contribution in [-0.4, -0.2) is 61.5 Å². The Morgan fingerprint density at radius 2 is 1.96 bits per heavy atom. The Hall–Kier alpha value is -0.810. The van der Waals surface area contributed by atoms with Gasteiger partial charge in [0.1, 0.15) is 0 Å². The zero-order valence-electron chi connectivity index (χ0n) is 17.0. The monoisotopic (exact) mass is 394 g/mol. The Bertz CT molecular complexity index is 602. The average Bonchev–Trinajstić information content (AvgIpc) is 2.59. The van der Waals surface area contributed by atoms with E-state index in [2.05, 4.69) is 36.6 Å². The first kappa shape index (κ1) is 20.9. The van der Waals surface area contributed by atoms with Crippen molar-refractivity contribution in [1.29, 1.82) is 0 Å². The van der Waals surface area contributed by atoms with Crippen molar-refractivity contribution in [2.24, 2.45) is 11.3 Å². The summed E-state index contributed by atoms with van der Waals surface area (Å²) in [6.45, 7) is 11.9. The Morgan fingerprint density at radius 1 is 1.22 bits per heavy atom. The minimum Gasteiger partial charge on any atom is -0.389 e. The summed E-state index contributed by atoms with van der Waals surface area (Å²) in [5.41, 5.74) is 1.53. The molecule has 2 aliphatic rings. The van der Waals surface area contributed by atoms with Gasteiger partial charge < -0.3 is 14.7 Å². The molecule has 0 spiro atoms. The van der Waals surface area contributed by atoms with Crippen molar-refractivity contribution in [1.82, 2.24) is 4.90 Å². The summed E-state index contributed by atoms with van der Waals surface area (Å²) in [5.74, 6) is 0.704. The summed E-state index contributed by atoms with van der Waals surface area (Å²) in [7, 11) is 0. The summed E-state index contributed by atoms with van der Waals surface area (Å²) in [5, 5.41) is 11.2. The van der Waals surface area contributed by atoms with E-state index in [1.54, 1.807) is 0 Å². The van der Waals surface area contributed by atoms with Gasteiger partial charge in [-0.15, -0.1) is 0 Å². The Balaban J connectivity index is 1.39. The molecule has 4 nitrogen and oxygen atoms in total. The van der Waals surface area contributed by atoms with Crippen molar-refractivity contribution < 1.29 is 9.84 Å². The highest BCUT2D eigenvalue weighted by atomic mass is 35.5. The standard InChI is InChI=1S/C22H35ClN2O2/c1-17-11-21(14-22(2,3)13-17)27-16-20(26)15-24-7-9-25(10-8-24)19-6-4-5-18(23)12-19/h4-6,12,17,20-21,26H,7-11,13-16H2,1-3H3/t17-,20-,21-/m1/s1. The van der Waals surface area contributed by atoms with Gasteiger partial charge in [-0.05, 0) is 48.8 Å². The number of ether oxygens (including phenoxy) is 1. The van der Waals surface area contributed by atoms with Gasteiger partial charge in [0, 0.05) is 43.4 Å². The maximum Gasteiger partial charge on any atom is 0.0900 e. The van der Waals surface area contributed by atoms with Gasteiger partial charge in [0.2, 0.25) is 0 Å². The maximum atomic E-state index is 10.4. The molecule has 1 aromatic rings. The maximum absolute atomic E-state index is 10.4. The normalized spacial score (nSPS) is 27.5. The van der Waals surface area contributed by atoms with Crippen LogP contribution in [0.5, 0.6) is 0 Å². The number of nitrogens with zero attached hydrogens (tertiary/aromatic N) is 2. The average molecular weight is 395 g/mol. The van der Waals surface area contributed by atoms with Gasteiger partial charge in [0.05, 0.1) is 18.8 Å². The zero-order valence-corrected chi connectivity index (χ0v) is 17.8. The van der Waals surface area contributed by atoms with Crippen molar-refractivity contribution in [3.8, 4) is 0 Å². The highest BCUT2D eigenvalue weighted by Gasteiger charge is 2.32. The largest absolute Gasteiger partial charge is 0.389 e. The predicted molar refractivity (Wildman–Crippen MR) is 113 cm³/mol. The van der Waals surface area contributed by atoms with Crippen LogP contribution in [0.3, 0.4) is 0 Å². The number of benzene rings is 1. The molecule has 2 fully saturated rings. The number of aliphatic hydroxyl groups excluding tert-OH is 1. The van der Waals surface area contributed by atoms with E-state index >= 15 is 0 Å². The number of piperazine rings is 1. The topological polar surface area (TPSA) is 35.9 Å². The summed E-state index contributed by atoms with van der Waals surface area (Å²) in [4.78, 5) is 4.69. The van der Waals surface area contributed by atoms with Crippen LogP contribution >= 0.6 is 11.6 Å². The molecule has 1 aliphatic carbocycles. The van der Waals surface area contributed by atoms with Crippen LogP contribution in [0.25, 0.3) is 0 Å². The fraction of sp³-hybridized carbons (Fsp3) is 0.727. The van der Waals surface area contributed by atoms with Crippen LogP contribution in [-0.2, 0) is 4.74 Å². The summed E-state index contributed by atoms with van der Waals surface area (Å²) in [6, 6.07) is 8.04. The highest BCUT2D eigenvalue weighted by molar-refractivity contribution is 6.30. The molecule has 27 heavy (non-hydrogen) atoms. The molecule has 1 heterocycles. The molecular formula is C22H35ClN2O2. The first-order valence-electron chi connectivity index (χ1n) is 10.3. The van der Waals surface area contributed by atoms with Crippen molar-refractivity contribution in [3.05, 3.63) is 29.3 Å². The smallest absolute Gasteiger partial charge is 0.0900 e. The number of hydrogen-bond donors (Lipinski definition) is 1. The molecule has 0 aromatic heterocycles. The van der Waals surface area contributed by atoms with Gasteiger partial charge in [-0.3, -0.25) is 4.90 Å². The molecule has 152 valence electrons. The number of β-amino-alcohol motifs (C(OH)–C–C–N with tert-alkyl or cyclic N) is 1. The molecule has 0 radical (unpaired) electrons. The lowest BCUT2D eigenvalue weighted by Gasteiger charge is -2.39. The molecule has 1 saturated heterocycles. The Kier molecular flexibility index (Phi) is 7.07. The van der Waals surface area contributed by atoms with E-state index in [9.17, 15) is 5.11 Å². The second-order valence-electron chi connectivity index (χ2n) is 9.29. The minimum atomic E-state index is -0.414. The van der Waals surface area contributed by atoms with Crippen molar-refractivity contribution in [3.63, 3.8) is 0 Å². The molecular weight excluding hydrogens is 360 g/mol. The third-order valence-electron chi connectivity index (χ3n) is 5.89. The summed E-state index contributed by atoms with van der Waals surface area (Å²) < 4.78 is 6.09. The van der Waals surface area contributed by atoms with E-state index in [4.69, 9.17) is 16.3 Å². The van der Waals surface area contributed by atoms with Gasteiger partial charge in [0.15, 0.2) is 0 Å². The number of anilines is 1. The molecule has 3 atom stereocenters. The molecule has 0 bridgehead atoms. The summed E-state index contributed by atoms with van der Waals surface area (Å²) in [6.07, 6.45) is 3.37. The fourth-order valence-corrected chi connectivity index (χ4v) is 5.03. The van der Waals surface area contributed by atoms with Crippen LogP contribution in [0, 0.1) is 11.3 Å². The minimum absolute atomic E-state index is 0.290. The zero-order chi connectivity index (χ0) is 19.4. The molecule has 0 unspecified atom stereocenters. The van der Waals surface area contributed by atoms with E-state index in [1.165, 1.54) is 12.1 Å². The fourth-order valence-electron chi connectivity index (χ4n) is 4.84. The number of aliphatic hydroxyl groups is 1. The molecule has 1 aromatic carbocycles. The van der Waals surface area contributed by atoms with Crippen LogP contribution in [0.15, 0.2) is 24.3 Å². The molecule has 0 amide bonds. The van der Waals surface area contributed by atoms with Gasteiger partial charge >= 0.3 is 0 Å². The van der Waals surface area contributed by atoms with Gasteiger partial charge in [-0.1, -0.05) is 38.4 Å². The van der Waals surface area contributed by atoms with Crippen molar-refractivity contribution in [2.75, 3.05) is 44.2 Å². The van der Waals surface area contributed by atoms with E-state index in [0.717, 1.165) is 44.0 Å². The van der Waals surface area contributed by atoms with Gasteiger partial charge in [-0.25, -0.2) is 0 Å². The third-order valence-corrected chi connectivity index (χ3v) is 6.12. The van der Waals surface area contributed by atoms with Crippen LogP contribution in [0.1, 0.15) is 40.0 Å².